The molecule has 0 aromatic carbocycles. The third-order valence-corrected chi connectivity index (χ3v) is 11.5. The molecule has 4 fully saturated rings. The number of rotatable bonds is 8. The molecular weight excluding hydrogens is 428 g/mol. The van der Waals surface area contributed by atoms with E-state index >= 15 is 0 Å². The second-order valence-electron chi connectivity index (χ2n) is 12.9. The van der Waals surface area contributed by atoms with E-state index in [0.717, 1.165) is 45.1 Å². The van der Waals surface area contributed by atoms with Crippen LogP contribution in [0.2, 0.25) is 0 Å². The van der Waals surface area contributed by atoms with Crippen molar-refractivity contribution in [2.24, 2.45) is 52.1 Å². The van der Waals surface area contributed by atoms with Gasteiger partial charge in [0.25, 0.3) is 0 Å². The molecule has 6 heteroatoms. The van der Waals surface area contributed by atoms with Gasteiger partial charge < -0.3 is 26.0 Å². The van der Waals surface area contributed by atoms with Crippen molar-refractivity contribution in [3.8, 4) is 0 Å². The highest BCUT2D eigenvalue weighted by atomic mass is 16.5. The van der Waals surface area contributed by atoms with E-state index in [1.54, 1.807) is 0 Å². The fourth-order valence-electron chi connectivity index (χ4n) is 9.48. The molecule has 0 amide bonds. The van der Waals surface area contributed by atoms with Gasteiger partial charge >= 0.3 is 5.97 Å². The van der Waals surface area contributed by atoms with Gasteiger partial charge in [-0.3, -0.25) is 4.79 Å². The quantitative estimate of drug-likeness (QED) is 0.314. The number of nitrogens with one attached hydrogen (secondary N) is 1. The van der Waals surface area contributed by atoms with Crippen LogP contribution in [-0.2, 0) is 9.53 Å². The first-order chi connectivity index (χ1) is 16.1. The highest BCUT2D eigenvalue weighted by Crippen LogP contribution is 2.68. The molecule has 0 aromatic heterocycles. The Bertz CT molecular complexity index is 733. The second kappa shape index (κ2) is 9.99. The number of hydrogen-bond donors (Lipinski definition) is 4. The number of aliphatic hydroxyl groups excluding tert-OH is 1. The highest BCUT2D eigenvalue weighted by Gasteiger charge is 2.64. The molecule has 5 N–H and O–H groups in total. The molecular formula is C28H50N2O4. The summed E-state index contributed by atoms with van der Waals surface area (Å²) in [6.07, 6.45) is 9.48. The van der Waals surface area contributed by atoms with Crippen LogP contribution < -0.4 is 11.1 Å². The summed E-state index contributed by atoms with van der Waals surface area (Å²) in [7, 11) is 1.46. The average molecular weight is 479 g/mol. The van der Waals surface area contributed by atoms with Crippen molar-refractivity contribution in [3.05, 3.63) is 0 Å². The predicted molar refractivity (Wildman–Crippen MR) is 134 cm³/mol. The molecule has 0 aromatic rings. The number of carbonyl (C=O) groups excluding carboxylic acids is 1. The molecule has 0 heterocycles. The lowest BCUT2D eigenvalue weighted by atomic mass is 9.43. The van der Waals surface area contributed by atoms with Gasteiger partial charge in [-0.2, -0.15) is 0 Å². The van der Waals surface area contributed by atoms with E-state index in [1.165, 1.54) is 26.4 Å². The molecule has 0 spiro atoms. The van der Waals surface area contributed by atoms with E-state index in [1.807, 2.05) is 0 Å². The number of ether oxygens (including phenoxy) is 1. The molecule has 0 bridgehead atoms. The van der Waals surface area contributed by atoms with Crippen LogP contribution >= 0.6 is 0 Å². The Morgan fingerprint density at radius 2 is 1.94 bits per heavy atom. The number of esters is 1. The lowest BCUT2D eigenvalue weighted by Crippen LogP contribution is -2.60. The maximum Gasteiger partial charge on any atom is 0.305 e. The third-order valence-electron chi connectivity index (χ3n) is 11.5. The van der Waals surface area contributed by atoms with Gasteiger partial charge in [0.05, 0.1) is 18.8 Å². The van der Waals surface area contributed by atoms with Gasteiger partial charge in [0.1, 0.15) is 0 Å². The van der Waals surface area contributed by atoms with Crippen molar-refractivity contribution < 1.29 is 19.7 Å². The first-order valence-corrected chi connectivity index (χ1v) is 14.0. The minimum Gasteiger partial charge on any atom is -0.469 e. The number of fused-ring (bicyclic) bond motifs is 5. The predicted octanol–water partition coefficient (Wildman–Crippen LogP) is 3.48. The molecule has 34 heavy (non-hydrogen) atoms. The average Bonchev–Trinajstić information content (AvgIpc) is 3.17. The number of nitrogens with two attached hydrogens (primary N) is 1. The fourth-order valence-corrected chi connectivity index (χ4v) is 9.48. The van der Waals surface area contributed by atoms with Gasteiger partial charge in [0.2, 0.25) is 0 Å². The number of aliphatic hydroxyl groups is 2. The SMILES string of the molecule is COC(=O)CC[C@@H](C)C1CCC2C3CCC4C[C@](O)(CNCCN)CCC4(C)C3C[C@H](O)C21C. The largest absolute Gasteiger partial charge is 0.469 e. The normalized spacial score (nSPS) is 46.8. The molecule has 4 saturated carbocycles. The number of methoxy groups -OCH3 is 1. The molecule has 4 aliphatic rings. The van der Waals surface area contributed by atoms with Crippen LogP contribution in [-0.4, -0.2) is 54.6 Å². The summed E-state index contributed by atoms with van der Waals surface area (Å²) >= 11 is 0. The highest BCUT2D eigenvalue weighted by molar-refractivity contribution is 5.69. The lowest BCUT2D eigenvalue weighted by Gasteiger charge is -2.63. The zero-order valence-corrected chi connectivity index (χ0v) is 22.0. The van der Waals surface area contributed by atoms with E-state index in [4.69, 9.17) is 10.5 Å². The molecule has 4 rings (SSSR count). The van der Waals surface area contributed by atoms with Crippen LogP contribution in [0.25, 0.3) is 0 Å². The van der Waals surface area contributed by atoms with Crippen LogP contribution in [0.1, 0.15) is 85.0 Å². The first kappa shape index (κ1) is 26.4. The van der Waals surface area contributed by atoms with E-state index in [0.29, 0.717) is 55.0 Å². The summed E-state index contributed by atoms with van der Waals surface area (Å²) < 4.78 is 4.87. The van der Waals surface area contributed by atoms with Gasteiger partial charge in [0.15, 0.2) is 0 Å². The molecule has 4 aliphatic carbocycles. The van der Waals surface area contributed by atoms with Crippen LogP contribution in [0, 0.1) is 46.3 Å². The van der Waals surface area contributed by atoms with E-state index in [9.17, 15) is 15.0 Å². The summed E-state index contributed by atoms with van der Waals surface area (Å²) in [6, 6.07) is 0. The lowest BCUT2D eigenvalue weighted by molar-refractivity contribution is -0.185. The Labute approximate surface area is 206 Å². The Kier molecular flexibility index (Phi) is 7.75. The molecule has 0 radical (unpaired) electrons. The van der Waals surface area contributed by atoms with E-state index in [-0.39, 0.29) is 22.9 Å². The summed E-state index contributed by atoms with van der Waals surface area (Å²) in [5.41, 5.74) is 5.16. The van der Waals surface area contributed by atoms with Crippen molar-refractivity contribution in [2.75, 3.05) is 26.7 Å². The van der Waals surface area contributed by atoms with Crippen LogP contribution in [0.3, 0.4) is 0 Å². The van der Waals surface area contributed by atoms with Crippen molar-refractivity contribution in [2.45, 2.75) is 96.7 Å². The van der Waals surface area contributed by atoms with Crippen molar-refractivity contribution in [1.82, 2.24) is 5.32 Å². The van der Waals surface area contributed by atoms with E-state index < -0.39 is 5.60 Å². The summed E-state index contributed by atoms with van der Waals surface area (Å²) in [6.45, 7) is 9.10. The Morgan fingerprint density at radius 1 is 1.18 bits per heavy atom. The monoisotopic (exact) mass is 478 g/mol. The Hall–Kier alpha value is -0.690. The zero-order chi connectivity index (χ0) is 24.7. The van der Waals surface area contributed by atoms with Crippen molar-refractivity contribution in [1.29, 1.82) is 0 Å². The summed E-state index contributed by atoms with van der Waals surface area (Å²) in [5, 5.41) is 26.4. The smallest absolute Gasteiger partial charge is 0.305 e. The Morgan fingerprint density at radius 3 is 2.65 bits per heavy atom. The minimum absolute atomic E-state index is 0.0541. The number of carbonyl (C=O) groups is 1. The molecule has 7 unspecified atom stereocenters. The molecule has 0 aliphatic heterocycles. The van der Waals surface area contributed by atoms with Crippen LogP contribution in [0.15, 0.2) is 0 Å². The van der Waals surface area contributed by atoms with E-state index in [2.05, 4.69) is 26.1 Å². The fraction of sp³-hybridized carbons (Fsp3) is 0.964. The first-order valence-electron chi connectivity index (χ1n) is 14.0. The molecule has 6 nitrogen and oxygen atoms in total. The molecule has 196 valence electrons. The van der Waals surface area contributed by atoms with Gasteiger partial charge in [-0.15, -0.1) is 0 Å². The minimum atomic E-state index is -0.624. The number of hydrogen-bond acceptors (Lipinski definition) is 6. The molecule has 10 atom stereocenters. The summed E-state index contributed by atoms with van der Waals surface area (Å²) in [5.74, 6) is 3.07. The van der Waals surface area contributed by atoms with Crippen molar-refractivity contribution >= 4 is 5.97 Å². The van der Waals surface area contributed by atoms with Crippen LogP contribution in [0.5, 0.6) is 0 Å². The van der Waals surface area contributed by atoms with Gasteiger partial charge in [-0.1, -0.05) is 20.8 Å². The topological polar surface area (TPSA) is 105 Å². The maximum atomic E-state index is 11.7. The van der Waals surface area contributed by atoms with Crippen LogP contribution in [0.4, 0.5) is 0 Å². The zero-order valence-electron chi connectivity index (χ0n) is 22.0. The molecule has 0 saturated heterocycles. The van der Waals surface area contributed by atoms with Crippen molar-refractivity contribution in [3.63, 3.8) is 0 Å². The van der Waals surface area contributed by atoms with Gasteiger partial charge in [-0.05, 0) is 104 Å². The van der Waals surface area contributed by atoms with Gasteiger partial charge in [0, 0.05) is 26.1 Å². The Balaban J connectivity index is 1.48. The maximum absolute atomic E-state index is 11.7. The van der Waals surface area contributed by atoms with Gasteiger partial charge in [-0.25, -0.2) is 0 Å². The third kappa shape index (κ3) is 4.46. The second-order valence-corrected chi connectivity index (χ2v) is 12.9. The summed E-state index contributed by atoms with van der Waals surface area (Å²) in [4.78, 5) is 11.7. The standard InChI is InChI=1S/C28H50N2O4/c1-18(5-10-25(32)34-4)21-8-9-22-20-7-6-19-16-28(33,17-30-14-13-29)12-11-26(19,2)23(20)15-24(31)27(21,22)3/h18-24,30-31,33H,5-17,29H2,1-4H3/t18-,19?,20?,21?,22?,23?,24+,26?,27?,28+/m1/s1.